The fourth-order valence-corrected chi connectivity index (χ4v) is 3.29. The van der Waals surface area contributed by atoms with Crippen molar-refractivity contribution >= 4 is 10.0 Å². The normalized spacial score (nSPS) is 19.5. The molecule has 5 nitrogen and oxygen atoms in total. The minimum atomic E-state index is -3.14. The van der Waals surface area contributed by atoms with Crippen molar-refractivity contribution in [3.8, 4) is 0 Å². The molecule has 0 aromatic rings. The molecule has 0 spiro atoms. The number of piperidine rings is 1. The maximum Gasteiger partial charge on any atom is 0.209 e. The van der Waals surface area contributed by atoms with Crippen LogP contribution in [0.25, 0.3) is 0 Å². The molecule has 1 heterocycles. The number of rotatable bonds is 6. The Labute approximate surface area is 105 Å². The van der Waals surface area contributed by atoms with Crippen LogP contribution in [0.5, 0.6) is 0 Å². The van der Waals surface area contributed by atoms with Gasteiger partial charge in [-0.3, -0.25) is 0 Å². The highest BCUT2D eigenvalue weighted by Crippen LogP contribution is 2.10. The molecule has 3 N–H and O–H groups in total. The van der Waals surface area contributed by atoms with Gasteiger partial charge in [-0.2, -0.15) is 0 Å². The number of sulfonamides is 1. The topological polar surface area (TPSA) is 70.2 Å². The number of hydrogen-bond donors (Lipinski definition) is 3. The van der Waals surface area contributed by atoms with Crippen LogP contribution in [0, 0.1) is 5.92 Å². The molecule has 0 amide bonds. The second-order valence-corrected chi connectivity index (χ2v) is 7.33. The average Bonchev–Trinajstić information content (AvgIpc) is 2.15. The van der Waals surface area contributed by atoms with Crippen molar-refractivity contribution in [2.75, 3.05) is 32.4 Å². The molecule has 0 aliphatic carbocycles. The largest absolute Gasteiger partial charge is 0.317 e. The first kappa shape index (κ1) is 14.9. The van der Waals surface area contributed by atoms with Crippen molar-refractivity contribution in [3.05, 3.63) is 0 Å². The Morgan fingerprint density at radius 3 is 2.41 bits per heavy atom. The molecule has 0 aromatic heterocycles. The molecule has 0 saturated carbocycles. The lowest BCUT2D eigenvalue weighted by molar-refractivity contribution is 0.336. The number of hydrogen-bond acceptors (Lipinski definition) is 4. The average molecular weight is 263 g/mol. The zero-order valence-corrected chi connectivity index (χ0v) is 11.9. The second-order valence-electron chi connectivity index (χ2n) is 5.58. The Morgan fingerprint density at radius 2 is 1.88 bits per heavy atom. The molecule has 6 heteroatoms. The molecule has 1 rings (SSSR count). The van der Waals surface area contributed by atoms with Crippen molar-refractivity contribution in [2.24, 2.45) is 5.92 Å². The third kappa shape index (κ3) is 6.98. The Bertz CT molecular complexity index is 322. The van der Waals surface area contributed by atoms with Gasteiger partial charge in [-0.05, 0) is 52.2 Å². The Hall–Kier alpha value is -0.170. The van der Waals surface area contributed by atoms with E-state index >= 15 is 0 Å². The summed E-state index contributed by atoms with van der Waals surface area (Å²) in [6, 6.07) is 0. The molecular formula is C11H25N3O2S. The van der Waals surface area contributed by atoms with Crippen LogP contribution in [0.4, 0.5) is 0 Å². The van der Waals surface area contributed by atoms with Crippen LogP contribution < -0.4 is 15.4 Å². The standard InChI is InChI=1S/C11H25N3O2S/c1-11(2,14-17(3,15)16)9-13-8-10-4-6-12-7-5-10/h10,12-14H,4-9H2,1-3H3. The third-order valence-electron chi connectivity index (χ3n) is 2.92. The molecule has 0 radical (unpaired) electrons. The Morgan fingerprint density at radius 1 is 1.29 bits per heavy atom. The maximum absolute atomic E-state index is 11.2. The van der Waals surface area contributed by atoms with E-state index < -0.39 is 15.6 Å². The van der Waals surface area contributed by atoms with E-state index in [0.29, 0.717) is 12.5 Å². The van der Waals surface area contributed by atoms with E-state index in [-0.39, 0.29) is 0 Å². The van der Waals surface area contributed by atoms with Gasteiger partial charge in [-0.15, -0.1) is 0 Å². The van der Waals surface area contributed by atoms with Gasteiger partial charge in [0.15, 0.2) is 0 Å². The monoisotopic (exact) mass is 263 g/mol. The van der Waals surface area contributed by atoms with Gasteiger partial charge in [0.1, 0.15) is 0 Å². The minimum absolute atomic E-state index is 0.430. The van der Waals surface area contributed by atoms with Crippen LogP contribution in [0.2, 0.25) is 0 Å². The molecule has 1 aliphatic rings. The quantitative estimate of drug-likeness (QED) is 0.626. The smallest absolute Gasteiger partial charge is 0.209 e. The fourth-order valence-electron chi connectivity index (χ4n) is 2.21. The van der Waals surface area contributed by atoms with Crippen LogP contribution in [-0.4, -0.2) is 46.4 Å². The van der Waals surface area contributed by atoms with Crippen LogP contribution in [-0.2, 0) is 10.0 Å². The van der Waals surface area contributed by atoms with Crippen LogP contribution in [0.3, 0.4) is 0 Å². The lowest BCUT2D eigenvalue weighted by Gasteiger charge is -2.28. The lowest BCUT2D eigenvalue weighted by Crippen LogP contribution is -2.50. The molecule has 0 atom stereocenters. The highest BCUT2D eigenvalue weighted by Gasteiger charge is 2.22. The summed E-state index contributed by atoms with van der Waals surface area (Å²) < 4.78 is 25.0. The summed E-state index contributed by atoms with van der Waals surface area (Å²) in [4.78, 5) is 0. The van der Waals surface area contributed by atoms with Crippen molar-refractivity contribution in [1.29, 1.82) is 0 Å². The second kappa shape index (κ2) is 6.13. The third-order valence-corrected chi connectivity index (χ3v) is 3.84. The van der Waals surface area contributed by atoms with E-state index in [1.807, 2.05) is 13.8 Å². The van der Waals surface area contributed by atoms with Crippen LogP contribution >= 0.6 is 0 Å². The highest BCUT2D eigenvalue weighted by molar-refractivity contribution is 7.88. The molecule has 0 unspecified atom stereocenters. The first-order valence-corrected chi connectivity index (χ1v) is 8.08. The SMILES string of the molecule is CC(C)(CNCC1CCNCC1)NS(C)(=O)=O. The van der Waals surface area contributed by atoms with Crippen molar-refractivity contribution in [2.45, 2.75) is 32.2 Å². The molecule has 17 heavy (non-hydrogen) atoms. The van der Waals surface area contributed by atoms with E-state index in [9.17, 15) is 8.42 Å². The van der Waals surface area contributed by atoms with E-state index in [0.717, 1.165) is 19.6 Å². The summed E-state index contributed by atoms with van der Waals surface area (Å²) in [7, 11) is -3.14. The van der Waals surface area contributed by atoms with Crippen molar-refractivity contribution in [1.82, 2.24) is 15.4 Å². The Balaban J connectivity index is 2.24. The van der Waals surface area contributed by atoms with Gasteiger partial charge < -0.3 is 10.6 Å². The summed E-state index contributed by atoms with van der Waals surface area (Å²) >= 11 is 0. The van der Waals surface area contributed by atoms with E-state index in [4.69, 9.17) is 0 Å². The minimum Gasteiger partial charge on any atom is -0.317 e. The van der Waals surface area contributed by atoms with Gasteiger partial charge >= 0.3 is 0 Å². The molecule has 0 bridgehead atoms. The zero-order chi connectivity index (χ0) is 12.9. The molecule has 0 aromatic carbocycles. The predicted octanol–water partition coefficient (Wildman–Crippen LogP) is -0.0966. The molecule has 102 valence electrons. The van der Waals surface area contributed by atoms with Gasteiger partial charge in [0.05, 0.1) is 6.26 Å². The molecular weight excluding hydrogens is 238 g/mol. The van der Waals surface area contributed by atoms with Gasteiger partial charge in [-0.1, -0.05) is 0 Å². The first-order chi connectivity index (χ1) is 7.79. The van der Waals surface area contributed by atoms with Gasteiger partial charge in [0.2, 0.25) is 10.0 Å². The summed E-state index contributed by atoms with van der Waals surface area (Å²) in [5, 5.41) is 6.70. The van der Waals surface area contributed by atoms with Crippen LogP contribution in [0.15, 0.2) is 0 Å². The first-order valence-electron chi connectivity index (χ1n) is 6.19. The fraction of sp³-hybridized carbons (Fsp3) is 1.00. The summed E-state index contributed by atoms with van der Waals surface area (Å²) in [6.45, 7) is 7.60. The summed E-state index contributed by atoms with van der Waals surface area (Å²) in [5.41, 5.74) is -0.430. The van der Waals surface area contributed by atoms with Gasteiger partial charge in [0, 0.05) is 12.1 Å². The number of nitrogens with one attached hydrogen (secondary N) is 3. The molecule has 1 fully saturated rings. The van der Waals surface area contributed by atoms with E-state index in [1.54, 1.807) is 0 Å². The molecule has 1 aliphatic heterocycles. The van der Waals surface area contributed by atoms with E-state index in [2.05, 4.69) is 15.4 Å². The van der Waals surface area contributed by atoms with E-state index in [1.165, 1.54) is 19.1 Å². The highest BCUT2D eigenvalue weighted by atomic mass is 32.2. The summed E-state index contributed by atoms with van der Waals surface area (Å²) in [5.74, 6) is 0.713. The summed E-state index contributed by atoms with van der Waals surface area (Å²) in [6.07, 6.45) is 3.60. The predicted molar refractivity (Wildman–Crippen MR) is 70.5 cm³/mol. The van der Waals surface area contributed by atoms with Crippen LogP contribution in [0.1, 0.15) is 26.7 Å². The maximum atomic E-state index is 11.2. The zero-order valence-electron chi connectivity index (χ0n) is 11.0. The Kier molecular flexibility index (Phi) is 5.37. The van der Waals surface area contributed by atoms with Gasteiger partial charge in [0.25, 0.3) is 0 Å². The molecule has 1 saturated heterocycles. The van der Waals surface area contributed by atoms with Gasteiger partial charge in [-0.25, -0.2) is 13.1 Å². The lowest BCUT2D eigenvalue weighted by atomic mass is 9.98. The van der Waals surface area contributed by atoms with Crippen molar-refractivity contribution < 1.29 is 8.42 Å². The van der Waals surface area contributed by atoms with Crippen molar-refractivity contribution in [3.63, 3.8) is 0 Å².